The minimum atomic E-state index is -1.27. The number of fused-ring (bicyclic) bond motifs is 2. The summed E-state index contributed by atoms with van der Waals surface area (Å²) in [5, 5.41) is 32.1. The molecule has 0 bridgehead atoms. The van der Waals surface area contributed by atoms with E-state index in [1.807, 2.05) is 12.1 Å². The van der Waals surface area contributed by atoms with Gasteiger partial charge in [0.2, 0.25) is 0 Å². The predicted molar refractivity (Wildman–Crippen MR) is 116 cm³/mol. The molecule has 5 N–H and O–H groups in total. The van der Waals surface area contributed by atoms with E-state index in [1.165, 1.54) is 16.3 Å². The molecule has 1 fully saturated rings. The second-order valence-electron chi connectivity index (χ2n) is 7.72. The van der Waals surface area contributed by atoms with Crippen molar-refractivity contribution in [3.8, 4) is 6.01 Å². The number of nitrogens with two attached hydrogens (primary N) is 1. The van der Waals surface area contributed by atoms with Crippen LogP contribution in [0.15, 0.2) is 48.8 Å². The van der Waals surface area contributed by atoms with E-state index in [0.29, 0.717) is 24.2 Å². The topological polar surface area (TPSA) is 149 Å². The molecule has 1 aliphatic heterocycles. The zero-order valence-corrected chi connectivity index (χ0v) is 17.1. The summed E-state index contributed by atoms with van der Waals surface area (Å²) < 4.78 is 12.8. The fraction of sp³-hybridized carbons (Fsp3) is 0.318. The molecule has 0 saturated carbocycles. The van der Waals surface area contributed by atoms with Gasteiger partial charge in [-0.15, -0.1) is 0 Å². The summed E-state index contributed by atoms with van der Waals surface area (Å²) in [7, 11) is 0. The number of rotatable bonds is 6. The third kappa shape index (κ3) is 3.63. The van der Waals surface area contributed by atoms with Crippen molar-refractivity contribution in [2.45, 2.75) is 31.0 Å². The molecule has 4 aromatic rings. The summed E-state index contributed by atoms with van der Waals surface area (Å²) in [5.41, 5.74) is 7.77. The van der Waals surface area contributed by atoms with Crippen LogP contribution in [-0.4, -0.2) is 66.4 Å². The van der Waals surface area contributed by atoms with Crippen LogP contribution < -0.4 is 10.5 Å². The smallest absolute Gasteiger partial charge is 0.320 e. The van der Waals surface area contributed by atoms with Gasteiger partial charge in [-0.1, -0.05) is 42.5 Å². The van der Waals surface area contributed by atoms with Crippen molar-refractivity contribution < 1.29 is 24.8 Å². The summed E-state index contributed by atoms with van der Waals surface area (Å²) in [6.45, 7) is -0.0904. The van der Waals surface area contributed by atoms with Crippen molar-refractivity contribution >= 4 is 27.8 Å². The minimum absolute atomic E-state index is 0.0734. The van der Waals surface area contributed by atoms with Crippen molar-refractivity contribution in [1.82, 2.24) is 19.5 Å². The number of nitrogens with zero attached hydrogens (tertiary/aromatic N) is 4. The third-order valence-corrected chi connectivity index (χ3v) is 5.65. The van der Waals surface area contributed by atoms with Crippen LogP contribution in [0.4, 0.5) is 5.82 Å². The fourth-order valence-corrected chi connectivity index (χ4v) is 3.93. The Morgan fingerprint density at radius 1 is 1.06 bits per heavy atom. The largest absolute Gasteiger partial charge is 0.463 e. The fourth-order valence-electron chi connectivity index (χ4n) is 3.93. The highest BCUT2D eigenvalue weighted by atomic mass is 16.6. The molecule has 3 heterocycles. The van der Waals surface area contributed by atoms with Gasteiger partial charge in [-0.2, -0.15) is 9.97 Å². The molecule has 2 aromatic carbocycles. The first-order chi connectivity index (χ1) is 15.5. The lowest BCUT2D eigenvalue weighted by Gasteiger charge is -2.16. The number of hydrogen-bond donors (Lipinski definition) is 4. The second kappa shape index (κ2) is 8.32. The molecule has 1 aliphatic rings. The van der Waals surface area contributed by atoms with E-state index in [1.54, 1.807) is 0 Å². The minimum Gasteiger partial charge on any atom is -0.463 e. The standard InChI is InChI=1S/C22H23N5O5/c23-19-16-20(27(11-24-16)21-18(30)17(29)15(10-28)32-21)26-22(25-19)31-8-7-12-5-6-13-3-1-2-4-14(13)9-12/h1-6,9,11,15,17-18,21,28-30H,7-8,10H2,(H2,23,25,26)/t15-,17-,18+,21-/m1/s1. The van der Waals surface area contributed by atoms with Gasteiger partial charge in [0, 0.05) is 6.42 Å². The predicted octanol–water partition coefficient (Wildman–Crippen LogP) is 0.795. The van der Waals surface area contributed by atoms with E-state index in [9.17, 15) is 15.3 Å². The highest BCUT2D eigenvalue weighted by Gasteiger charge is 2.44. The number of anilines is 1. The molecule has 4 atom stereocenters. The number of aliphatic hydroxyl groups is 3. The summed E-state index contributed by atoms with van der Waals surface area (Å²) >= 11 is 0. The van der Waals surface area contributed by atoms with Gasteiger partial charge in [0.05, 0.1) is 19.5 Å². The maximum atomic E-state index is 10.3. The zero-order valence-electron chi connectivity index (χ0n) is 17.1. The molecule has 32 heavy (non-hydrogen) atoms. The van der Waals surface area contributed by atoms with Crippen molar-refractivity contribution in [3.63, 3.8) is 0 Å². The van der Waals surface area contributed by atoms with Crippen LogP contribution >= 0.6 is 0 Å². The van der Waals surface area contributed by atoms with Gasteiger partial charge in [-0.05, 0) is 16.3 Å². The molecule has 166 valence electrons. The number of benzene rings is 2. The Hall–Kier alpha value is -3.31. The van der Waals surface area contributed by atoms with Crippen LogP contribution in [0.3, 0.4) is 0 Å². The number of imidazole rings is 1. The number of ether oxygens (including phenoxy) is 2. The van der Waals surface area contributed by atoms with Gasteiger partial charge in [0.25, 0.3) is 0 Å². The molecular weight excluding hydrogens is 414 g/mol. The molecule has 10 heteroatoms. The normalized spacial score (nSPS) is 23.2. The average molecular weight is 437 g/mol. The molecule has 0 radical (unpaired) electrons. The molecule has 0 spiro atoms. The first-order valence-electron chi connectivity index (χ1n) is 10.3. The number of nitrogen functional groups attached to an aromatic ring is 1. The van der Waals surface area contributed by atoms with Crippen molar-refractivity contribution in [2.75, 3.05) is 18.9 Å². The summed E-state index contributed by atoms with van der Waals surface area (Å²) in [6.07, 6.45) is -2.34. The van der Waals surface area contributed by atoms with E-state index in [2.05, 4.69) is 45.3 Å². The Kier molecular flexibility index (Phi) is 5.35. The van der Waals surface area contributed by atoms with Gasteiger partial charge >= 0.3 is 6.01 Å². The van der Waals surface area contributed by atoms with Crippen molar-refractivity contribution in [1.29, 1.82) is 0 Å². The van der Waals surface area contributed by atoms with E-state index < -0.39 is 31.1 Å². The summed E-state index contributed by atoms with van der Waals surface area (Å²) in [6, 6.07) is 14.5. The first kappa shape index (κ1) is 20.6. The first-order valence-corrected chi connectivity index (χ1v) is 10.3. The monoisotopic (exact) mass is 437 g/mol. The van der Waals surface area contributed by atoms with Gasteiger partial charge in [-0.3, -0.25) is 4.57 Å². The van der Waals surface area contributed by atoms with Crippen LogP contribution in [0.1, 0.15) is 11.8 Å². The maximum absolute atomic E-state index is 10.3. The second-order valence-corrected chi connectivity index (χ2v) is 7.72. The number of aromatic nitrogens is 4. The van der Waals surface area contributed by atoms with E-state index in [-0.39, 0.29) is 11.8 Å². The lowest BCUT2D eigenvalue weighted by atomic mass is 10.1. The zero-order chi connectivity index (χ0) is 22.2. The number of hydrogen-bond acceptors (Lipinski definition) is 9. The Morgan fingerprint density at radius 2 is 1.88 bits per heavy atom. The molecule has 2 aromatic heterocycles. The lowest BCUT2D eigenvalue weighted by molar-refractivity contribution is -0.0511. The SMILES string of the molecule is Nc1nc(OCCc2ccc3ccccc3c2)nc2c1ncn2[C@@H]1O[C@H](CO)[C@@H](O)[C@@H]1O. The van der Waals surface area contributed by atoms with Crippen LogP contribution in [0.2, 0.25) is 0 Å². The Bertz CT molecular complexity index is 1260. The molecule has 0 unspecified atom stereocenters. The maximum Gasteiger partial charge on any atom is 0.320 e. The van der Waals surface area contributed by atoms with Crippen LogP contribution in [0.5, 0.6) is 6.01 Å². The average Bonchev–Trinajstić information content (AvgIpc) is 3.35. The molecule has 0 aliphatic carbocycles. The quantitative estimate of drug-likeness (QED) is 0.343. The van der Waals surface area contributed by atoms with Crippen molar-refractivity contribution in [3.05, 3.63) is 54.4 Å². The van der Waals surface area contributed by atoms with Crippen LogP contribution in [0.25, 0.3) is 21.9 Å². The third-order valence-electron chi connectivity index (χ3n) is 5.65. The van der Waals surface area contributed by atoms with Crippen molar-refractivity contribution in [2.24, 2.45) is 0 Å². The lowest BCUT2D eigenvalue weighted by Crippen LogP contribution is -2.33. The van der Waals surface area contributed by atoms with Gasteiger partial charge in [-0.25, -0.2) is 4.98 Å². The summed E-state index contributed by atoms with van der Waals surface area (Å²) in [4.78, 5) is 12.7. The Morgan fingerprint density at radius 3 is 2.66 bits per heavy atom. The molecule has 0 amide bonds. The molecule has 5 rings (SSSR count). The highest BCUT2D eigenvalue weighted by molar-refractivity contribution is 5.83. The number of aliphatic hydroxyl groups excluding tert-OH is 3. The molecule has 1 saturated heterocycles. The van der Waals surface area contributed by atoms with Crippen LogP contribution in [0, 0.1) is 0 Å². The molecule has 10 nitrogen and oxygen atoms in total. The Labute approximate surface area is 182 Å². The van der Waals surface area contributed by atoms with E-state index in [4.69, 9.17) is 15.2 Å². The summed E-state index contributed by atoms with van der Waals surface area (Å²) in [5.74, 6) is 0.126. The van der Waals surface area contributed by atoms with E-state index >= 15 is 0 Å². The Balaban J connectivity index is 1.35. The van der Waals surface area contributed by atoms with Gasteiger partial charge in [0.1, 0.15) is 18.3 Å². The highest BCUT2D eigenvalue weighted by Crippen LogP contribution is 2.32. The molecular formula is C22H23N5O5. The van der Waals surface area contributed by atoms with Gasteiger partial charge in [0.15, 0.2) is 23.2 Å². The van der Waals surface area contributed by atoms with Gasteiger partial charge < -0.3 is 30.5 Å². The van der Waals surface area contributed by atoms with E-state index in [0.717, 1.165) is 10.9 Å². The van der Waals surface area contributed by atoms with Crippen LogP contribution in [-0.2, 0) is 11.2 Å².